The first kappa shape index (κ1) is 11.0. The molecule has 1 N–H and O–H groups in total. The SMILES string of the molecule is C=Cc1nnc2c3c([nH]c2c1C=C)=CCC(C)C=3. The minimum atomic E-state index is 0.546. The minimum absolute atomic E-state index is 0.546. The van der Waals surface area contributed by atoms with Crippen molar-refractivity contribution in [1.29, 1.82) is 0 Å². The van der Waals surface area contributed by atoms with Gasteiger partial charge in [-0.25, -0.2) is 0 Å². The molecule has 0 saturated heterocycles. The van der Waals surface area contributed by atoms with E-state index in [1.807, 2.05) is 0 Å². The molecule has 0 amide bonds. The zero-order valence-corrected chi connectivity index (χ0v) is 10.4. The molecule has 1 aliphatic carbocycles. The quantitative estimate of drug-likeness (QED) is 0.866. The van der Waals surface area contributed by atoms with Crippen LogP contribution in [0.4, 0.5) is 0 Å². The second-order valence-electron chi connectivity index (χ2n) is 4.67. The monoisotopic (exact) mass is 237 g/mol. The summed E-state index contributed by atoms with van der Waals surface area (Å²) >= 11 is 0. The number of nitrogens with zero attached hydrogens (tertiary/aromatic N) is 2. The van der Waals surface area contributed by atoms with Crippen molar-refractivity contribution in [2.24, 2.45) is 5.92 Å². The van der Waals surface area contributed by atoms with Gasteiger partial charge in [-0.1, -0.05) is 38.3 Å². The van der Waals surface area contributed by atoms with Gasteiger partial charge in [-0.2, -0.15) is 0 Å². The lowest BCUT2D eigenvalue weighted by Crippen LogP contribution is -2.27. The molecule has 3 rings (SSSR count). The molecule has 0 bridgehead atoms. The second kappa shape index (κ2) is 3.95. The van der Waals surface area contributed by atoms with E-state index in [9.17, 15) is 0 Å². The summed E-state index contributed by atoms with van der Waals surface area (Å²) in [6.45, 7) is 9.82. The van der Waals surface area contributed by atoms with E-state index in [2.05, 4.69) is 47.4 Å². The molecule has 0 fully saturated rings. The third-order valence-electron chi connectivity index (χ3n) is 3.39. The zero-order chi connectivity index (χ0) is 12.7. The molecule has 2 aromatic heterocycles. The van der Waals surface area contributed by atoms with Crippen molar-refractivity contribution in [3.8, 4) is 0 Å². The largest absolute Gasteiger partial charge is 0.353 e. The fourth-order valence-corrected chi connectivity index (χ4v) is 2.45. The Morgan fingerprint density at radius 3 is 2.89 bits per heavy atom. The molecule has 1 atom stereocenters. The predicted octanol–water partition coefficient (Wildman–Crippen LogP) is 1.84. The summed E-state index contributed by atoms with van der Waals surface area (Å²) in [6.07, 6.45) is 9.05. The van der Waals surface area contributed by atoms with Crippen LogP contribution in [-0.2, 0) is 0 Å². The van der Waals surface area contributed by atoms with Gasteiger partial charge in [-0.15, -0.1) is 10.2 Å². The number of rotatable bonds is 2. The maximum atomic E-state index is 4.32. The van der Waals surface area contributed by atoms with Crippen LogP contribution in [0.1, 0.15) is 24.6 Å². The van der Waals surface area contributed by atoms with Gasteiger partial charge in [0.2, 0.25) is 0 Å². The highest BCUT2D eigenvalue weighted by Crippen LogP contribution is 2.17. The van der Waals surface area contributed by atoms with Gasteiger partial charge in [0.1, 0.15) is 5.52 Å². The van der Waals surface area contributed by atoms with Crippen molar-refractivity contribution in [2.75, 3.05) is 0 Å². The maximum Gasteiger partial charge on any atom is 0.119 e. The van der Waals surface area contributed by atoms with E-state index in [-0.39, 0.29) is 0 Å². The van der Waals surface area contributed by atoms with E-state index in [0.29, 0.717) is 5.92 Å². The van der Waals surface area contributed by atoms with Crippen LogP contribution < -0.4 is 10.6 Å². The molecule has 0 spiro atoms. The van der Waals surface area contributed by atoms with Gasteiger partial charge < -0.3 is 4.98 Å². The standard InChI is InChI=1S/C15H15N3/c1-4-10-12(5-2)17-18-15-11-8-9(3)6-7-13(11)16-14(10)15/h4-5,7-9,16H,1-2,6H2,3H3. The van der Waals surface area contributed by atoms with Crippen molar-refractivity contribution in [3.63, 3.8) is 0 Å². The summed E-state index contributed by atoms with van der Waals surface area (Å²) < 4.78 is 0. The number of H-pyrrole nitrogens is 1. The lowest BCUT2D eigenvalue weighted by molar-refractivity contribution is 0.799. The first-order chi connectivity index (χ1) is 8.74. The van der Waals surface area contributed by atoms with Gasteiger partial charge in [0, 0.05) is 16.1 Å². The summed E-state index contributed by atoms with van der Waals surface area (Å²) in [7, 11) is 0. The van der Waals surface area contributed by atoms with Crippen molar-refractivity contribution in [3.05, 3.63) is 35.0 Å². The minimum Gasteiger partial charge on any atom is -0.353 e. The molecule has 90 valence electrons. The van der Waals surface area contributed by atoms with Gasteiger partial charge in [-0.3, -0.25) is 0 Å². The van der Waals surface area contributed by atoms with E-state index in [0.717, 1.165) is 39.3 Å². The summed E-state index contributed by atoms with van der Waals surface area (Å²) in [5.41, 5.74) is 3.66. The molecular formula is C15H15N3. The van der Waals surface area contributed by atoms with Crippen LogP contribution >= 0.6 is 0 Å². The van der Waals surface area contributed by atoms with Crippen molar-refractivity contribution in [1.82, 2.24) is 15.2 Å². The number of fused-ring (bicyclic) bond motifs is 3. The Morgan fingerprint density at radius 2 is 2.17 bits per heavy atom. The molecule has 1 unspecified atom stereocenters. The summed E-state index contributed by atoms with van der Waals surface area (Å²) in [5.74, 6) is 0.546. The van der Waals surface area contributed by atoms with E-state index < -0.39 is 0 Å². The average molecular weight is 237 g/mol. The van der Waals surface area contributed by atoms with Crippen LogP contribution in [0.25, 0.3) is 35.3 Å². The van der Waals surface area contributed by atoms with Gasteiger partial charge in [0.05, 0.1) is 11.2 Å². The molecule has 3 heteroatoms. The van der Waals surface area contributed by atoms with Crippen molar-refractivity contribution >= 4 is 35.3 Å². The summed E-state index contributed by atoms with van der Waals surface area (Å²) in [6, 6.07) is 0. The molecule has 2 aromatic rings. The number of hydrogen-bond acceptors (Lipinski definition) is 2. The average Bonchev–Trinajstić information content (AvgIpc) is 2.75. The Kier molecular flexibility index (Phi) is 2.40. The van der Waals surface area contributed by atoms with Gasteiger partial charge in [-0.05, 0) is 18.4 Å². The van der Waals surface area contributed by atoms with Crippen LogP contribution in [-0.4, -0.2) is 15.2 Å². The Hall–Kier alpha value is -2.16. The summed E-state index contributed by atoms with van der Waals surface area (Å²) in [4.78, 5) is 3.42. The highest BCUT2D eigenvalue weighted by molar-refractivity contribution is 5.88. The molecule has 1 aliphatic rings. The predicted molar refractivity (Wildman–Crippen MR) is 76.0 cm³/mol. The number of nitrogens with one attached hydrogen (secondary N) is 1. The van der Waals surface area contributed by atoms with E-state index in [4.69, 9.17) is 0 Å². The molecule has 0 aliphatic heterocycles. The van der Waals surface area contributed by atoms with Gasteiger partial charge in [0.25, 0.3) is 0 Å². The molecule has 0 radical (unpaired) electrons. The van der Waals surface area contributed by atoms with Crippen LogP contribution in [0.3, 0.4) is 0 Å². The van der Waals surface area contributed by atoms with Crippen molar-refractivity contribution in [2.45, 2.75) is 13.3 Å². The lowest BCUT2D eigenvalue weighted by atomic mass is 10.0. The molecule has 0 saturated carbocycles. The Balaban J connectivity index is 2.51. The molecule has 18 heavy (non-hydrogen) atoms. The lowest BCUT2D eigenvalue weighted by Gasteiger charge is -2.03. The first-order valence-electron chi connectivity index (χ1n) is 6.10. The van der Waals surface area contributed by atoms with Crippen LogP contribution in [0.15, 0.2) is 13.2 Å². The summed E-state index contributed by atoms with van der Waals surface area (Å²) in [5, 5.41) is 10.8. The second-order valence-corrected chi connectivity index (χ2v) is 4.67. The van der Waals surface area contributed by atoms with Crippen LogP contribution in [0, 0.1) is 5.92 Å². The fourth-order valence-electron chi connectivity index (χ4n) is 2.45. The van der Waals surface area contributed by atoms with E-state index in [1.165, 1.54) is 0 Å². The Labute approximate surface area is 105 Å². The number of hydrogen-bond donors (Lipinski definition) is 1. The molecule has 3 nitrogen and oxygen atoms in total. The van der Waals surface area contributed by atoms with Gasteiger partial charge in [0.15, 0.2) is 0 Å². The topological polar surface area (TPSA) is 41.6 Å². The number of aromatic nitrogens is 3. The highest BCUT2D eigenvalue weighted by atomic mass is 15.1. The zero-order valence-electron chi connectivity index (χ0n) is 10.4. The molecular weight excluding hydrogens is 222 g/mol. The van der Waals surface area contributed by atoms with Crippen molar-refractivity contribution < 1.29 is 0 Å². The fraction of sp³-hybridized carbons (Fsp3) is 0.200. The number of aromatic amines is 1. The molecule has 0 aromatic carbocycles. The van der Waals surface area contributed by atoms with E-state index >= 15 is 0 Å². The molecule has 2 heterocycles. The smallest absolute Gasteiger partial charge is 0.119 e. The van der Waals surface area contributed by atoms with E-state index in [1.54, 1.807) is 12.2 Å². The van der Waals surface area contributed by atoms with Crippen LogP contribution in [0.5, 0.6) is 0 Å². The van der Waals surface area contributed by atoms with Gasteiger partial charge >= 0.3 is 0 Å². The Bertz CT molecular complexity index is 765. The normalized spacial score (nSPS) is 17.7. The third-order valence-corrected chi connectivity index (χ3v) is 3.39. The first-order valence-corrected chi connectivity index (χ1v) is 6.10. The third kappa shape index (κ3) is 1.44. The maximum absolute atomic E-state index is 4.32. The highest BCUT2D eigenvalue weighted by Gasteiger charge is 2.12. The van der Waals surface area contributed by atoms with Crippen LogP contribution in [0.2, 0.25) is 0 Å². The Morgan fingerprint density at radius 1 is 1.33 bits per heavy atom.